The minimum Gasteiger partial charge on any atom is -0.496 e. The van der Waals surface area contributed by atoms with Crippen molar-refractivity contribution in [2.45, 2.75) is 23.6 Å². The Morgan fingerprint density at radius 3 is 2.81 bits per heavy atom. The lowest BCUT2D eigenvalue weighted by atomic mass is 10.1. The van der Waals surface area contributed by atoms with Gasteiger partial charge in [-0.2, -0.15) is 0 Å². The summed E-state index contributed by atoms with van der Waals surface area (Å²) in [5, 5.41) is 2.73. The number of anilines is 1. The first-order chi connectivity index (χ1) is 12.4. The molecule has 1 aliphatic heterocycles. The Balaban J connectivity index is 1.80. The van der Waals surface area contributed by atoms with Crippen LogP contribution in [0.5, 0.6) is 5.75 Å². The number of benzene rings is 2. The first-order valence-corrected chi connectivity index (χ1v) is 9.75. The van der Waals surface area contributed by atoms with E-state index < -0.39 is 0 Å². The number of rotatable bonds is 4. The zero-order valence-corrected chi connectivity index (χ0v) is 17.1. The van der Waals surface area contributed by atoms with Gasteiger partial charge in [-0.25, -0.2) is 0 Å². The number of fused-ring (bicyclic) bond motifs is 1. The molecule has 2 amide bonds. The van der Waals surface area contributed by atoms with Gasteiger partial charge in [0.1, 0.15) is 5.75 Å². The molecule has 136 valence electrons. The van der Waals surface area contributed by atoms with E-state index in [0.29, 0.717) is 17.8 Å². The summed E-state index contributed by atoms with van der Waals surface area (Å²) in [5.41, 5.74) is 2.14. The topological polar surface area (TPSA) is 58.6 Å². The Morgan fingerprint density at radius 1 is 1.31 bits per heavy atom. The van der Waals surface area contributed by atoms with Crippen LogP contribution in [0.4, 0.5) is 5.69 Å². The minimum atomic E-state index is -0.129. The Kier molecular flexibility index (Phi) is 5.58. The van der Waals surface area contributed by atoms with Gasteiger partial charge in [-0.05, 0) is 43.3 Å². The van der Waals surface area contributed by atoms with Gasteiger partial charge in [-0.1, -0.05) is 15.9 Å². The van der Waals surface area contributed by atoms with E-state index in [1.165, 1.54) is 11.8 Å². The van der Waals surface area contributed by atoms with Crippen LogP contribution in [0.15, 0.2) is 45.8 Å². The van der Waals surface area contributed by atoms with E-state index in [1.807, 2.05) is 31.2 Å². The predicted molar refractivity (Wildman–Crippen MR) is 107 cm³/mol. The Hall–Kier alpha value is -1.99. The highest BCUT2D eigenvalue weighted by atomic mass is 79.9. The van der Waals surface area contributed by atoms with Gasteiger partial charge in [-0.15, -0.1) is 11.8 Å². The lowest BCUT2D eigenvalue weighted by molar-refractivity contribution is -0.115. The zero-order chi connectivity index (χ0) is 18.8. The lowest BCUT2D eigenvalue weighted by Crippen LogP contribution is -2.28. The van der Waals surface area contributed by atoms with Crippen molar-refractivity contribution in [3.05, 3.63) is 52.0 Å². The number of halogens is 1. The molecule has 2 aromatic carbocycles. The molecule has 2 aromatic rings. The highest BCUT2D eigenvalue weighted by molar-refractivity contribution is 9.10. The molecule has 0 saturated heterocycles. The summed E-state index contributed by atoms with van der Waals surface area (Å²) in [5.74, 6) is 0.572. The van der Waals surface area contributed by atoms with Crippen LogP contribution in [0.2, 0.25) is 0 Å². The van der Waals surface area contributed by atoms with Gasteiger partial charge in [-0.3, -0.25) is 9.59 Å². The summed E-state index contributed by atoms with van der Waals surface area (Å²) in [7, 11) is 3.36. The molecule has 0 unspecified atom stereocenters. The van der Waals surface area contributed by atoms with Crippen molar-refractivity contribution in [1.29, 1.82) is 0 Å². The van der Waals surface area contributed by atoms with Crippen molar-refractivity contribution in [2.24, 2.45) is 0 Å². The van der Waals surface area contributed by atoms with Gasteiger partial charge in [0.2, 0.25) is 5.91 Å². The average Bonchev–Trinajstić information content (AvgIpc) is 2.62. The molecule has 0 bridgehead atoms. The third-order valence-electron chi connectivity index (χ3n) is 4.15. The predicted octanol–water partition coefficient (Wildman–Crippen LogP) is 4.16. The number of carbonyl (C=O) groups is 2. The van der Waals surface area contributed by atoms with Crippen LogP contribution in [0.25, 0.3) is 0 Å². The van der Waals surface area contributed by atoms with Crippen LogP contribution in [0.3, 0.4) is 0 Å². The summed E-state index contributed by atoms with van der Waals surface area (Å²) in [6.07, 6.45) is 0. The summed E-state index contributed by atoms with van der Waals surface area (Å²) < 4.78 is 6.30. The van der Waals surface area contributed by atoms with E-state index in [0.717, 1.165) is 20.7 Å². The summed E-state index contributed by atoms with van der Waals surface area (Å²) >= 11 is 4.95. The molecule has 0 fully saturated rings. The number of nitrogens with zero attached hydrogens (tertiary/aromatic N) is 1. The molecule has 1 atom stereocenters. The number of ether oxygens (including phenoxy) is 1. The molecule has 1 heterocycles. The van der Waals surface area contributed by atoms with E-state index in [2.05, 4.69) is 21.2 Å². The molecular formula is C19H19BrN2O3S. The molecule has 7 heteroatoms. The molecule has 26 heavy (non-hydrogen) atoms. The van der Waals surface area contributed by atoms with Gasteiger partial charge < -0.3 is 15.0 Å². The SMILES string of the molecule is COc1ccc(Br)cc1CN(C)C(=O)c1ccc2c(c1)NC(=O)[C@H](C)S2. The van der Waals surface area contributed by atoms with Crippen molar-refractivity contribution in [1.82, 2.24) is 4.90 Å². The number of hydrogen-bond acceptors (Lipinski definition) is 4. The monoisotopic (exact) mass is 434 g/mol. The largest absolute Gasteiger partial charge is 0.496 e. The van der Waals surface area contributed by atoms with Crippen molar-refractivity contribution in [2.75, 3.05) is 19.5 Å². The fourth-order valence-electron chi connectivity index (χ4n) is 2.76. The van der Waals surface area contributed by atoms with Crippen LogP contribution < -0.4 is 10.1 Å². The third-order valence-corrected chi connectivity index (χ3v) is 5.82. The Morgan fingerprint density at radius 2 is 2.08 bits per heavy atom. The number of carbonyl (C=O) groups excluding carboxylic acids is 2. The second kappa shape index (κ2) is 7.72. The molecule has 1 aliphatic rings. The fourth-order valence-corrected chi connectivity index (χ4v) is 4.10. The van der Waals surface area contributed by atoms with E-state index in [-0.39, 0.29) is 17.1 Å². The summed E-state index contributed by atoms with van der Waals surface area (Å²) in [6.45, 7) is 2.28. The molecule has 0 aliphatic carbocycles. The zero-order valence-electron chi connectivity index (χ0n) is 14.7. The molecule has 3 rings (SSSR count). The molecular weight excluding hydrogens is 416 g/mol. The highest BCUT2D eigenvalue weighted by Crippen LogP contribution is 2.36. The second-order valence-corrected chi connectivity index (χ2v) is 8.38. The molecule has 5 nitrogen and oxygen atoms in total. The molecule has 0 radical (unpaired) electrons. The van der Waals surface area contributed by atoms with Gasteiger partial charge >= 0.3 is 0 Å². The van der Waals surface area contributed by atoms with E-state index in [9.17, 15) is 9.59 Å². The maximum absolute atomic E-state index is 12.8. The highest BCUT2D eigenvalue weighted by Gasteiger charge is 2.24. The number of methoxy groups -OCH3 is 1. The van der Waals surface area contributed by atoms with Crippen molar-refractivity contribution >= 4 is 45.2 Å². The molecule has 0 spiro atoms. The van der Waals surface area contributed by atoms with E-state index >= 15 is 0 Å². The smallest absolute Gasteiger partial charge is 0.253 e. The van der Waals surface area contributed by atoms with Crippen LogP contribution >= 0.6 is 27.7 Å². The van der Waals surface area contributed by atoms with Crippen LogP contribution in [-0.2, 0) is 11.3 Å². The Labute approximate surface area is 165 Å². The summed E-state index contributed by atoms with van der Waals surface area (Å²) in [4.78, 5) is 27.3. The van der Waals surface area contributed by atoms with E-state index in [1.54, 1.807) is 31.2 Å². The number of hydrogen-bond donors (Lipinski definition) is 1. The first-order valence-electron chi connectivity index (χ1n) is 8.08. The lowest BCUT2D eigenvalue weighted by Gasteiger charge is -2.23. The van der Waals surface area contributed by atoms with Gasteiger partial charge in [0.25, 0.3) is 5.91 Å². The summed E-state index contributed by atoms with van der Waals surface area (Å²) in [6, 6.07) is 11.1. The Bertz CT molecular complexity index is 872. The number of thioether (sulfide) groups is 1. The van der Waals surface area contributed by atoms with Gasteiger partial charge in [0.15, 0.2) is 0 Å². The van der Waals surface area contributed by atoms with Crippen molar-refractivity contribution in [3.8, 4) is 5.75 Å². The second-order valence-electron chi connectivity index (χ2n) is 6.08. The molecule has 0 aromatic heterocycles. The quantitative estimate of drug-likeness (QED) is 0.784. The average molecular weight is 435 g/mol. The van der Waals surface area contributed by atoms with Gasteiger partial charge in [0, 0.05) is 34.1 Å². The maximum Gasteiger partial charge on any atom is 0.253 e. The van der Waals surface area contributed by atoms with Crippen molar-refractivity contribution < 1.29 is 14.3 Å². The fraction of sp³-hybridized carbons (Fsp3) is 0.263. The molecule has 1 N–H and O–H groups in total. The first kappa shape index (κ1) is 18.8. The number of nitrogens with one attached hydrogen (secondary N) is 1. The standard InChI is InChI=1S/C19H19BrN2O3S/c1-11-18(23)21-15-9-12(4-7-17(15)26-11)19(24)22(2)10-13-8-14(20)5-6-16(13)25-3/h4-9,11H,10H2,1-3H3,(H,21,23)/t11-/m0/s1. The van der Waals surface area contributed by atoms with Crippen LogP contribution in [0.1, 0.15) is 22.8 Å². The van der Waals surface area contributed by atoms with E-state index in [4.69, 9.17) is 4.74 Å². The van der Waals surface area contributed by atoms with Crippen molar-refractivity contribution in [3.63, 3.8) is 0 Å². The van der Waals surface area contributed by atoms with Crippen LogP contribution in [-0.4, -0.2) is 36.1 Å². The maximum atomic E-state index is 12.8. The van der Waals surface area contributed by atoms with Gasteiger partial charge in [0.05, 0.1) is 18.0 Å². The minimum absolute atomic E-state index is 0.0423. The third kappa shape index (κ3) is 3.88. The van der Waals surface area contributed by atoms with Crippen LogP contribution in [0, 0.1) is 0 Å². The number of amides is 2. The normalized spacial score (nSPS) is 15.8. The molecule has 0 saturated carbocycles.